The summed E-state index contributed by atoms with van der Waals surface area (Å²) < 4.78 is 2.33. The van der Waals surface area contributed by atoms with Crippen molar-refractivity contribution in [2.24, 2.45) is 0 Å². The number of rotatable bonds is 3. The van der Waals surface area contributed by atoms with Crippen LogP contribution < -0.4 is 5.73 Å². The molecule has 0 aliphatic heterocycles. The van der Waals surface area contributed by atoms with Crippen molar-refractivity contribution >= 4 is 5.82 Å². The Kier molecular flexibility index (Phi) is 2.69. The molecule has 110 valence electrons. The van der Waals surface area contributed by atoms with E-state index in [1.165, 1.54) is 53.8 Å². The summed E-state index contributed by atoms with van der Waals surface area (Å²) in [6.07, 6.45) is 5.06. The molecule has 2 aliphatic rings. The lowest BCUT2D eigenvalue weighted by Crippen LogP contribution is -2.04. The Bertz CT molecular complexity index is 719. The number of nitrogens with two attached hydrogens (primary N) is 1. The summed E-state index contributed by atoms with van der Waals surface area (Å²) in [5.74, 6) is 2.77. The van der Waals surface area contributed by atoms with Crippen LogP contribution in [0.15, 0.2) is 12.1 Å². The van der Waals surface area contributed by atoms with E-state index in [0.29, 0.717) is 12.0 Å². The van der Waals surface area contributed by atoms with Gasteiger partial charge in [-0.15, -0.1) is 0 Å². The van der Waals surface area contributed by atoms with E-state index < -0.39 is 0 Å². The Hall–Kier alpha value is -1.77. The second-order valence-electron chi connectivity index (χ2n) is 6.83. The lowest BCUT2D eigenvalue weighted by atomic mass is 9.99. The third kappa shape index (κ3) is 2.06. The normalized spacial score (nSPS) is 18.2. The Morgan fingerprint density at radius 1 is 1.00 bits per heavy atom. The SMILES string of the molecule is Cc1cc(C)c(-c2nc(C3CC3)n(C3CC3)c2N)cc1C. The number of aromatic nitrogens is 2. The molecule has 4 rings (SSSR count). The third-order valence-electron chi connectivity index (χ3n) is 4.93. The number of nitrogens with zero attached hydrogens (tertiary/aromatic N) is 2. The molecule has 1 heterocycles. The Labute approximate surface area is 126 Å². The summed E-state index contributed by atoms with van der Waals surface area (Å²) in [5.41, 5.74) is 12.6. The minimum absolute atomic E-state index is 0.605. The first-order valence-corrected chi connectivity index (χ1v) is 8.02. The first-order chi connectivity index (χ1) is 10.1. The van der Waals surface area contributed by atoms with E-state index in [4.69, 9.17) is 10.7 Å². The average Bonchev–Trinajstić information content (AvgIpc) is 3.33. The summed E-state index contributed by atoms with van der Waals surface area (Å²) in [4.78, 5) is 4.97. The highest BCUT2D eigenvalue weighted by atomic mass is 15.2. The molecule has 0 unspecified atom stereocenters. The smallest absolute Gasteiger partial charge is 0.132 e. The molecule has 0 radical (unpaired) electrons. The average molecular weight is 281 g/mol. The first-order valence-electron chi connectivity index (χ1n) is 8.02. The van der Waals surface area contributed by atoms with Crippen molar-refractivity contribution in [1.82, 2.24) is 9.55 Å². The van der Waals surface area contributed by atoms with Crippen LogP contribution in [0.5, 0.6) is 0 Å². The maximum Gasteiger partial charge on any atom is 0.132 e. The molecule has 1 aromatic heterocycles. The maximum absolute atomic E-state index is 6.50. The van der Waals surface area contributed by atoms with E-state index in [1.54, 1.807) is 0 Å². The third-order valence-corrected chi connectivity index (χ3v) is 4.93. The van der Waals surface area contributed by atoms with Gasteiger partial charge < -0.3 is 10.3 Å². The van der Waals surface area contributed by atoms with Crippen LogP contribution in [0, 0.1) is 20.8 Å². The number of hydrogen-bond donors (Lipinski definition) is 1. The van der Waals surface area contributed by atoms with E-state index in [9.17, 15) is 0 Å². The highest BCUT2D eigenvalue weighted by Crippen LogP contribution is 2.48. The minimum atomic E-state index is 0.605. The first kappa shape index (κ1) is 12.9. The van der Waals surface area contributed by atoms with Gasteiger partial charge in [0, 0.05) is 17.5 Å². The fraction of sp³-hybridized carbons (Fsp3) is 0.500. The van der Waals surface area contributed by atoms with Gasteiger partial charge in [0.1, 0.15) is 17.3 Å². The molecule has 2 fully saturated rings. The van der Waals surface area contributed by atoms with Crippen molar-refractivity contribution in [3.63, 3.8) is 0 Å². The number of benzene rings is 1. The van der Waals surface area contributed by atoms with E-state index in [2.05, 4.69) is 37.5 Å². The second-order valence-corrected chi connectivity index (χ2v) is 6.83. The van der Waals surface area contributed by atoms with Crippen molar-refractivity contribution in [3.8, 4) is 11.3 Å². The standard InChI is InChI=1S/C18H23N3/c1-10-8-12(3)15(9-11(10)2)16-17(19)21(14-6-7-14)18(20-16)13-4-5-13/h8-9,13-14H,4-7,19H2,1-3H3. The van der Waals surface area contributed by atoms with Crippen LogP contribution in [0.25, 0.3) is 11.3 Å². The van der Waals surface area contributed by atoms with Crippen LogP contribution in [0.1, 0.15) is 60.2 Å². The van der Waals surface area contributed by atoms with Crippen LogP contribution in [0.4, 0.5) is 5.82 Å². The van der Waals surface area contributed by atoms with Crippen molar-refractivity contribution in [2.45, 2.75) is 58.4 Å². The van der Waals surface area contributed by atoms with Crippen molar-refractivity contribution in [2.75, 3.05) is 5.73 Å². The number of imidazole rings is 1. The molecule has 21 heavy (non-hydrogen) atoms. The van der Waals surface area contributed by atoms with E-state index in [1.807, 2.05) is 0 Å². The van der Waals surface area contributed by atoms with Gasteiger partial charge in [0.2, 0.25) is 0 Å². The van der Waals surface area contributed by atoms with E-state index in [0.717, 1.165) is 11.5 Å². The van der Waals surface area contributed by atoms with Gasteiger partial charge in [-0.05, 0) is 69.2 Å². The fourth-order valence-electron chi connectivity index (χ4n) is 3.22. The molecule has 0 amide bonds. The van der Waals surface area contributed by atoms with Gasteiger partial charge in [0.05, 0.1) is 0 Å². The number of aryl methyl sites for hydroxylation is 3. The quantitative estimate of drug-likeness (QED) is 0.913. The minimum Gasteiger partial charge on any atom is -0.383 e. The predicted molar refractivity (Wildman–Crippen MR) is 86.5 cm³/mol. The number of nitrogen functional groups attached to an aromatic ring is 1. The zero-order valence-corrected chi connectivity index (χ0v) is 13.1. The summed E-state index contributed by atoms with van der Waals surface area (Å²) in [6.45, 7) is 6.48. The summed E-state index contributed by atoms with van der Waals surface area (Å²) >= 11 is 0. The van der Waals surface area contributed by atoms with Crippen LogP contribution in [-0.4, -0.2) is 9.55 Å². The van der Waals surface area contributed by atoms with Crippen LogP contribution in [0.2, 0.25) is 0 Å². The molecule has 2 aliphatic carbocycles. The summed E-state index contributed by atoms with van der Waals surface area (Å²) in [6, 6.07) is 5.10. The largest absolute Gasteiger partial charge is 0.383 e. The van der Waals surface area contributed by atoms with Gasteiger partial charge in [-0.2, -0.15) is 0 Å². The molecule has 0 bridgehead atoms. The maximum atomic E-state index is 6.50. The molecule has 3 heteroatoms. The molecular formula is C18H23N3. The molecule has 1 aromatic carbocycles. The lowest BCUT2D eigenvalue weighted by Gasteiger charge is -2.10. The molecule has 0 spiro atoms. The molecule has 0 saturated heterocycles. The fourth-order valence-corrected chi connectivity index (χ4v) is 3.22. The van der Waals surface area contributed by atoms with Crippen molar-refractivity contribution in [1.29, 1.82) is 0 Å². The zero-order chi connectivity index (χ0) is 14.7. The molecule has 2 N–H and O–H groups in total. The number of anilines is 1. The summed E-state index contributed by atoms with van der Waals surface area (Å²) in [7, 11) is 0. The van der Waals surface area contributed by atoms with E-state index in [-0.39, 0.29) is 0 Å². The highest BCUT2D eigenvalue weighted by molar-refractivity contribution is 5.75. The predicted octanol–water partition coefficient (Wildman–Crippen LogP) is 4.27. The molecule has 2 saturated carbocycles. The van der Waals surface area contributed by atoms with Crippen LogP contribution >= 0.6 is 0 Å². The highest BCUT2D eigenvalue weighted by Gasteiger charge is 2.36. The molecule has 2 aromatic rings. The van der Waals surface area contributed by atoms with Gasteiger partial charge >= 0.3 is 0 Å². The number of hydrogen-bond acceptors (Lipinski definition) is 2. The topological polar surface area (TPSA) is 43.8 Å². The van der Waals surface area contributed by atoms with E-state index >= 15 is 0 Å². The Balaban J connectivity index is 1.89. The Morgan fingerprint density at radius 3 is 2.29 bits per heavy atom. The van der Waals surface area contributed by atoms with Crippen LogP contribution in [-0.2, 0) is 0 Å². The van der Waals surface area contributed by atoms with Crippen molar-refractivity contribution in [3.05, 3.63) is 34.6 Å². The molecule has 0 atom stereocenters. The zero-order valence-electron chi connectivity index (χ0n) is 13.1. The van der Waals surface area contributed by atoms with Crippen LogP contribution in [0.3, 0.4) is 0 Å². The molecule has 3 nitrogen and oxygen atoms in total. The van der Waals surface area contributed by atoms with Gasteiger partial charge in [-0.25, -0.2) is 4.98 Å². The lowest BCUT2D eigenvalue weighted by molar-refractivity contribution is 0.691. The molecular weight excluding hydrogens is 258 g/mol. The second kappa shape index (κ2) is 4.36. The summed E-state index contributed by atoms with van der Waals surface area (Å²) in [5, 5.41) is 0. The Morgan fingerprint density at radius 2 is 1.67 bits per heavy atom. The monoisotopic (exact) mass is 281 g/mol. The van der Waals surface area contributed by atoms with Gasteiger partial charge in [0.25, 0.3) is 0 Å². The van der Waals surface area contributed by atoms with Gasteiger partial charge in [0.15, 0.2) is 0 Å². The van der Waals surface area contributed by atoms with Gasteiger partial charge in [-0.1, -0.05) is 6.07 Å². The van der Waals surface area contributed by atoms with Crippen molar-refractivity contribution < 1.29 is 0 Å². The van der Waals surface area contributed by atoms with Gasteiger partial charge in [-0.3, -0.25) is 0 Å².